The molecule has 2 rings (SSSR count). The molecule has 0 spiro atoms. The zero-order valence-corrected chi connectivity index (χ0v) is 7.71. The third-order valence-corrected chi connectivity index (χ3v) is 2.41. The van der Waals surface area contributed by atoms with Gasteiger partial charge in [-0.05, 0) is 13.0 Å². The van der Waals surface area contributed by atoms with Gasteiger partial charge in [-0.1, -0.05) is 17.7 Å². The van der Waals surface area contributed by atoms with Gasteiger partial charge in [-0.25, -0.2) is 0 Å². The van der Waals surface area contributed by atoms with Crippen LogP contribution in [0.4, 0.5) is 0 Å². The molecule has 0 aliphatic carbocycles. The highest BCUT2D eigenvalue weighted by Crippen LogP contribution is 2.31. The van der Waals surface area contributed by atoms with Crippen molar-refractivity contribution in [3.05, 3.63) is 29.3 Å². The third kappa shape index (κ3) is 1.53. The van der Waals surface area contributed by atoms with E-state index in [4.69, 9.17) is 10.6 Å². The van der Waals surface area contributed by atoms with E-state index < -0.39 is 0 Å². The van der Waals surface area contributed by atoms with Gasteiger partial charge in [-0.3, -0.25) is 11.3 Å². The van der Waals surface area contributed by atoms with Gasteiger partial charge in [-0.2, -0.15) is 0 Å². The molecular weight excluding hydrogens is 164 g/mol. The van der Waals surface area contributed by atoms with E-state index in [9.17, 15) is 0 Å². The number of rotatable bonds is 1. The maximum Gasteiger partial charge on any atom is 0.124 e. The minimum Gasteiger partial charge on any atom is -0.493 e. The second-order valence-electron chi connectivity index (χ2n) is 3.40. The van der Waals surface area contributed by atoms with Crippen LogP contribution < -0.4 is 16.0 Å². The molecule has 0 saturated carbocycles. The van der Waals surface area contributed by atoms with Crippen molar-refractivity contribution in [2.24, 2.45) is 5.84 Å². The van der Waals surface area contributed by atoms with E-state index in [1.165, 1.54) is 11.1 Å². The summed E-state index contributed by atoms with van der Waals surface area (Å²) in [4.78, 5) is 0. The third-order valence-electron chi connectivity index (χ3n) is 2.41. The van der Waals surface area contributed by atoms with Gasteiger partial charge in [0.1, 0.15) is 5.75 Å². The van der Waals surface area contributed by atoms with Crippen molar-refractivity contribution in [2.75, 3.05) is 6.61 Å². The minimum absolute atomic E-state index is 0.239. The molecule has 0 amide bonds. The second kappa shape index (κ2) is 3.36. The Balaban J connectivity index is 2.41. The molecule has 3 N–H and O–H groups in total. The molecule has 0 saturated heterocycles. The number of nitrogens with one attached hydrogen (secondary N) is 1. The van der Waals surface area contributed by atoms with E-state index in [1.807, 2.05) is 6.07 Å². The quantitative estimate of drug-likeness (QED) is 0.503. The van der Waals surface area contributed by atoms with E-state index >= 15 is 0 Å². The van der Waals surface area contributed by atoms with E-state index in [0.29, 0.717) is 0 Å². The Morgan fingerprint density at radius 1 is 1.54 bits per heavy atom. The molecular formula is C10H14N2O. The first-order chi connectivity index (χ1) is 6.31. The predicted octanol–water partition coefficient (Wildman–Crippen LogP) is 1.28. The number of nitrogens with two attached hydrogens (primary N) is 1. The molecule has 3 heteroatoms. The Labute approximate surface area is 77.9 Å². The van der Waals surface area contributed by atoms with Crippen LogP contribution in [0.5, 0.6) is 5.75 Å². The van der Waals surface area contributed by atoms with Crippen LogP contribution in [0.15, 0.2) is 18.2 Å². The van der Waals surface area contributed by atoms with Crippen LogP contribution in [-0.4, -0.2) is 6.61 Å². The number of benzene rings is 1. The Morgan fingerprint density at radius 3 is 3.15 bits per heavy atom. The average Bonchev–Trinajstić information content (AvgIpc) is 2.17. The first-order valence-corrected chi connectivity index (χ1v) is 4.51. The van der Waals surface area contributed by atoms with Crippen LogP contribution >= 0.6 is 0 Å². The van der Waals surface area contributed by atoms with Crippen molar-refractivity contribution >= 4 is 0 Å². The van der Waals surface area contributed by atoms with E-state index in [2.05, 4.69) is 24.5 Å². The van der Waals surface area contributed by atoms with Crippen LogP contribution in [0.2, 0.25) is 0 Å². The molecule has 70 valence electrons. The summed E-state index contributed by atoms with van der Waals surface area (Å²) in [6.07, 6.45) is 0.937. The van der Waals surface area contributed by atoms with Crippen LogP contribution in [0, 0.1) is 6.92 Å². The summed E-state index contributed by atoms with van der Waals surface area (Å²) in [6, 6.07) is 6.42. The fourth-order valence-corrected chi connectivity index (χ4v) is 1.69. The van der Waals surface area contributed by atoms with Gasteiger partial charge < -0.3 is 4.74 Å². The van der Waals surface area contributed by atoms with Crippen molar-refractivity contribution in [1.29, 1.82) is 0 Å². The van der Waals surface area contributed by atoms with Gasteiger partial charge in [0.05, 0.1) is 12.6 Å². The molecule has 13 heavy (non-hydrogen) atoms. The molecule has 1 aliphatic heterocycles. The molecule has 1 aliphatic rings. The summed E-state index contributed by atoms with van der Waals surface area (Å²) < 4.78 is 5.51. The van der Waals surface area contributed by atoms with Crippen LogP contribution in [0.3, 0.4) is 0 Å². The lowest BCUT2D eigenvalue weighted by molar-refractivity contribution is 0.253. The van der Waals surface area contributed by atoms with Gasteiger partial charge >= 0.3 is 0 Å². The lowest BCUT2D eigenvalue weighted by atomic mass is 9.99. The van der Waals surface area contributed by atoms with Gasteiger partial charge in [0.25, 0.3) is 0 Å². The zero-order valence-electron chi connectivity index (χ0n) is 7.71. The molecule has 1 heterocycles. The molecule has 1 atom stereocenters. The lowest BCUT2D eigenvalue weighted by Gasteiger charge is -2.25. The number of hydrogen-bond donors (Lipinski definition) is 2. The van der Waals surface area contributed by atoms with E-state index in [0.717, 1.165) is 18.8 Å². The monoisotopic (exact) mass is 178 g/mol. The summed E-state index contributed by atoms with van der Waals surface area (Å²) in [5.41, 5.74) is 5.22. The summed E-state index contributed by atoms with van der Waals surface area (Å²) in [6.45, 7) is 2.81. The minimum atomic E-state index is 0.239. The van der Waals surface area contributed by atoms with Crippen LogP contribution in [0.1, 0.15) is 23.6 Å². The molecule has 1 aromatic rings. The zero-order chi connectivity index (χ0) is 9.26. The fourth-order valence-electron chi connectivity index (χ4n) is 1.69. The number of hydrazine groups is 1. The summed E-state index contributed by atoms with van der Waals surface area (Å²) in [7, 11) is 0. The first-order valence-electron chi connectivity index (χ1n) is 4.51. The Bertz CT molecular complexity index is 312. The number of aryl methyl sites for hydroxylation is 1. The van der Waals surface area contributed by atoms with Crippen molar-refractivity contribution < 1.29 is 4.74 Å². The van der Waals surface area contributed by atoms with Crippen molar-refractivity contribution in [3.8, 4) is 5.75 Å². The highest BCUT2D eigenvalue weighted by Gasteiger charge is 2.19. The Kier molecular flexibility index (Phi) is 2.20. The van der Waals surface area contributed by atoms with Crippen LogP contribution in [-0.2, 0) is 0 Å². The van der Waals surface area contributed by atoms with Gasteiger partial charge in [0.15, 0.2) is 0 Å². The summed E-state index contributed by atoms with van der Waals surface area (Å²) in [5, 5.41) is 0. The maximum absolute atomic E-state index is 5.51. The summed E-state index contributed by atoms with van der Waals surface area (Å²) >= 11 is 0. The SMILES string of the molecule is Cc1ccc2c(c1)[C@H](NN)CCO2. The van der Waals surface area contributed by atoms with Gasteiger partial charge in [-0.15, -0.1) is 0 Å². The highest BCUT2D eigenvalue weighted by atomic mass is 16.5. The molecule has 0 aromatic heterocycles. The average molecular weight is 178 g/mol. The topological polar surface area (TPSA) is 47.3 Å². The summed E-state index contributed by atoms with van der Waals surface area (Å²) in [5.74, 6) is 6.42. The first kappa shape index (κ1) is 8.53. The molecule has 0 fully saturated rings. The maximum atomic E-state index is 5.51. The standard InChI is InChI=1S/C10H14N2O/c1-7-2-3-10-8(6-7)9(12-11)4-5-13-10/h2-3,6,9,12H,4-5,11H2,1H3/t9-/m1/s1. The molecule has 3 nitrogen and oxygen atoms in total. The highest BCUT2D eigenvalue weighted by molar-refractivity contribution is 5.40. The predicted molar refractivity (Wildman–Crippen MR) is 51.4 cm³/mol. The lowest BCUT2D eigenvalue weighted by Crippen LogP contribution is -2.32. The van der Waals surface area contributed by atoms with Crippen molar-refractivity contribution in [1.82, 2.24) is 5.43 Å². The normalized spacial score (nSPS) is 20.6. The van der Waals surface area contributed by atoms with Crippen LogP contribution in [0.25, 0.3) is 0 Å². The molecule has 1 aromatic carbocycles. The van der Waals surface area contributed by atoms with Crippen molar-refractivity contribution in [3.63, 3.8) is 0 Å². The molecule has 0 radical (unpaired) electrons. The largest absolute Gasteiger partial charge is 0.493 e. The second-order valence-corrected chi connectivity index (χ2v) is 3.40. The number of ether oxygens (including phenoxy) is 1. The fraction of sp³-hybridized carbons (Fsp3) is 0.400. The van der Waals surface area contributed by atoms with Gasteiger partial charge in [0, 0.05) is 12.0 Å². The van der Waals surface area contributed by atoms with E-state index in [-0.39, 0.29) is 6.04 Å². The Morgan fingerprint density at radius 2 is 2.38 bits per heavy atom. The number of hydrogen-bond acceptors (Lipinski definition) is 3. The molecule has 0 bridgehead atoms. The van der Waals surface area contributed by atoms with E-state index in [1.54, 1.807) is 0 Å². The molecule has 0 unspecified atom stereocenters. The van der Waals surface area contributed by atoms with Gasteiger partial charge in [0.2, 0.25) is 0 Å². The Hall–Kier alpha value is -1.06. The number of fused-ring (bicyclic) bond motifs is 1. The van der Waals surface area contributed by atoms with Crippen molar-refractivity contribution in [2.45, 2.75) is 19.4 Å². The smallest absolute Gasteiger partial charge is 0.124 e.